The van der Waals surface area contributed by atoms with Gasteiger partial charge in [-0.3, -0.25) is 4.99 Å². The van der Waals surface area contributed by atoms with Crippen LogP contribution >= 0.6 is 0 Å². The highest BCUT2D eigenvalue weighted by atomic mass is 16.5. The summed E-state index contributed by atoms with van der Waals surface area (Å²) < 4.78 is 5.10. The fourth-order valence-corrected chi connectivity index (χ4v) is 1.41. The van der Waals surface area contributed by atoms with Crippen molar-refractivity contribution in [1.82, 2.24) is 0 Å². The van der Waals surface area contributed by atoms with Gasteiger partial charge in [-0.05, 0) is 11.1 Å². The maximum Gasteiger partial charge on any atom is 0.187 e. The molecule has 0 bridgehead atoms. The van der Waals surface area contributed by atoms with E-state index in [0.717, 1.165) is 18.9 Å². The molecule has 0 N–H and O–H groups in total. The van der Waals surface area contributed by atoms with Crippen LogP contribution in [-0.2, 0) is 17.7 Å². The van der Waals surface area contributed by atoms with Gasteiger partial charge in [-0.25, -0.2) is 0 Å². The quantitative estimate of drug-likeness (QED) is 0.568. The highest BCUT2D eigenvalue weighted by Crippen LogP contribution is 2.16. The Hall–Kier alpha value is -1.31. The molecule has 1 aliphatic rings. The van der Waals surface area contributed by atoms with Crippen molar-refractivity contribution in [3.63, 3.8) is 0 Å². The van der Waals surface area contributed by atoms with Crippen LogP contribution in [0.4, 0.5) is 0 Å². The number of hydrogen-bond acceptors (Lipinski definition) is 2. The first kappa shape index (κ1) is 7.35. The lowest BCUT2D eigenvalue weighted by molar-refractivity contribution is 0.389. The molecule has 12 heavy (non-hydrogen) atoms. The van der Waals surface area contributed by atoms with E-state index in [1.807, 2.05) is 6.07 Å². The van der Waals surface area contributed by atoms with E-state index < -0.39 is 0 Å². The number of fused-ring (bicyclic) bond motifs is 1. The zero-order valence-electron chi connectivity index (χ0n) is 7.08. The predicted molar refractivity (Wildman–Crippen MR) is 48.3 cm³/mol. The van der Waals surface area contributed by atoms with Crippen molar-refractivity contribution >= 4 is 5.90 Å². The fourth-order valence-electron chi connectivity index (χ4n) is 1.41. The van der Waals surface area contributed by atoms with E-state index in [9.17, 15) is 0 Å². The summed E-state index contributed by atoms with van der Waals surface area (Å²) >= 11 is 0. The maximum absolute atomic E-state index is 5.10. The summed E-state index contributed by atoms with van der Waals surface area (Å²) in [6, 6.07) is 8.35. The molecule has 0 amide bonds. The Balaban J connectivity index is 2.31. The van der Waals surface area contributed by atoms with Gasteiger partial charge in [-0.1, -0.05) is 24.3 Å². The summed E-state index contributed by atoms with van der Waals surface area (Å²) in [4.78, 5) is 4.28. The van der Waals surface area contributed by atoms with E-state index in [-0.39, 0.29) is 0 Å². The third-order valence-corrected chi connectivity index (χ3v) is 2.12. The lowest BCUT2D eigenvalue weighted by Gasteiger charge is -2.14. The normalized spacial score (nSPS) is 14.9. The standard InChI is InChI=1S/C10H11NO/c1-12-10-6-8-4-2-3-5-9(8)7-11-10/h2-5H,6-7H2,1H3. The van der Waals surface area contributed by atoms with Gasteiger partial charge in [0.1, 0.15) is 0 Å². The van der Waals surface area contributed by atoms with E-state index in [0.29, 0.717) is 0 Å². The Labute approximate surface area is 71.9 Å². The summed E-state index contributed by atoms with van der Waals surface area (Å²) in [7, 11) is 1.67. The summed E-state index contributed by atoms with van der Waals surface area (Å²) in [5.41, 5.74) is 2.66. The first-order valence-electron chi connectivity index (χ1n) is 4.04. The second-order valence-electron chi connectivity index (χ2n) is 2.86. The van der Waals surface area contributed by atoms with Crippen molar-refractivity contribution in [2.45, 2.75) is 13.0 Å². The number of ether oxygens (including phenoxy) is 1. The van der Waals surface area contributed by atoms with Crippen molar-refractivity contribution in [2.24, 2.45) is 4.99 Å². The van der Waals surface area contributed by atoms with Crippen molar-refractivity contribution in [1.29, 1.82) is 0 Å². The van der Waals surface area contributed by atoms with Crippen LogP contribution in [-0.4, -0.2) is 13.0 Å². The Morgan fingerprint density at radius 1 is 1.25 bits per heavy atom. The molecule has 0 atom stereocenters. The van der Waals surface area contributed by atoms with E-state index >= 15 is 0 Å². The monoisotopic (exact) mass is 161 g/mol. The average molecular weight is 161 g/mol. The number of nitrogens with zero attached hydrogens (tertiary/aromatic N) is 1. The molecule has 0 spiro atoms. The van der Waals surface area contributed by atoms with E-state index in [4.69, 9.17) is 4.74 Å². The molecule has 1 aromatic carbocycles. The second kappa shape index (κ2) is 2.97. The second-order valence-corrected chi connectivity index (χ2v) is 2.86. The van der Waals surface area contributed by atoms with E-state index in [2.05, 4.69) is 23.2 Å². The summed E-state index contributed by atoms with van der Waals surface area (Å²) in [5, 5.41) is 0. The van der Waals surface area contributed by atoms with Gasteiger partial charge in [0.25, 0.3) is 0 Å². The zero-order chi connectivity index (χ0) is 8.39. The number of benzene rings is 1. The van der Waals surface area contributed by atoms with Crippen LogP contribution in [0.15, 0.2) is 29.3 Å². The predicted octanol–water partition coefficient (Wildman–Crippen LogP) is 1.79. The highest BCUT2D eigenvalue weighted by Gasteiger charge is 2.10. The van der Waals surface area contributed by atoms with Gasteiger partial charge in [-0.2, -0.15) is 0 Å². The Bertz CT molecular complexity index is 317. The van der Waals surface area contributed by atoms with Crippen molar-refractivity contribution < 1.29 is 4.74 Å². The van der Waals surface area contributed by atoms with Gasteiger partial charge in [0.15, 0.2) is 5.90 Å². The van der Waals surface area contributed by atoms with Crippen LogP contribution in [0.2, 0.25) is 0 Å². The number of rotatable bonds is 0. The molecule has 1 aliphatic heterocycles. The molecule has 1 aromatic rings. The van der Waals surface area contributed by atoms with Gasteiger partial charge < -0.3 is 4.74 Å². The molecule has 2 heteroatoms. The fraction of sp³-hybridized carbons (Fsp3) is 0.300. The van der Waals surface area contributed by atoms with Gasteiger partial charge in [-0.15, -0.1) is 0 Å². The molecule has 0 saturated carbocycles. The Morgan fingerprint density at radius 3 is 2.75 bits per heavy atom. The Kier molecular flexibility index (Phi) is 1.82. The third-order valence-electron chi connectivity index (χ3n) is 2.12. The summed E-state index contributed by atoms with van der Waals surface area (Å²) in [5.74, 6) is 0.841. The van der Waals surface area contributed by atoms with Crippen molar-refractivity contribution in [3.8, 4) is 0 Å². The number of hydrogen-bond donors (Lipinski definition) is 0. The van der Waals surface area contributed by atoms with Crippen LogP contribution in [0, 0.1) is 0 Å². The first-order valence-corrected chi connectivity index (χ1v) is 4.04. The lowest BCUT2D eigenvalue weighted by atomic mass is 10.0. The molecule has 2 nitrogen and oxygen atoms in total. The SMILES string of the molecule is COC1=NCc2ccccc2C1. The molecule has 62 valence electrons. The van der Waals surface area contributed by atoms with E-state index in [1.54, 1.807) is 7.11 Å². The minimum Gasteiger partial charge on any atom is -0.484 e. The summed E-state index contributed by atoms with van der Waals surface area (Å²) in [6.07, 6.45) is 0.840. The molecule has 0 unspecified atom stereocenters. The maximum atomic E-state index is 5.10. The highest BCUT2D eigenvalue weighted by molar-refractivity contribution is 5.80. The lowest BCUT2D eigenvalue weighted by Crippen LogP contribution is -2.12. The molecular weight excluding hydrogens is 150 g/mol. The smallest absolute Gasteiger partial charge is 0.187 e. The van der Waals surface area contributed by atoms with Gasteiger partial charge in [0.05, 0.1) is 13.7 Å². The van der Waals surface area contributed by atoms with Crippen molar-refractivity contribution in [3.05, 3.63) is 35.4 Å². The zero-order valence-corrected chi connectivity index (χ0v) is 7.08. The molecule has 0 aliphatic carbocycles. The van der Waals surface area contributed by atoms with E-state index in [1.165, 1.54) is 11.1 Å². The van der Waals surface area contributed by atoms with Crippen molar-refractivity contribution in [2.75, 3.05) is 7.11 Å². The summed E-state index contributed by atoms with van der Waals surface area (Å²) in [6.45, 7) is 0.763. The average Bonchev–Trinajstić information content (AvgIpc) is 2.17. The van der Waals surface area contributed by atoms with Gasteiger partial charge in [0.2, 0.25) is 0 Å². The van der Waals surface area contributed by atoms with Crippen LogP contribution in [0.1, 0.15) is 11.1 Å². The minimum absolute atomic E-state index is 0.763. The number of aliphatic imine (C=N–C) groups is 1. The van der Waals surface area contributed by atoms with Crippen LogP contribution in [0.3, 0.4) is 0 Å². The molecule has 0 fully saturated rings. The van der Waals surface area contributed by atoms with Crippen LogP contribution in [0.25, 0.3) is 0 Å². The molecule has 2 rings (SSSR count). The molecule has 0 saturated heterocycles. The third kappa shape index (κ3) is 1.20. The minimum atomic E-state index is 0.763. The van der Waals surface area contributed by atoms with Crippen LogP contribution in [0.5, 0.6) is 0 Å². The number of methoxy groups -OCH3 is 1. The van der Waals surface area contributed by atoms with Gasteiger partial charge >= 0.3 is 0 Å². The topological polar surface area (TPSA) is 21.6 Å². The molecule has 0 radical (unpaired) electrons. The molecular formula is C10H11NO. The largest absolute Gasteiger partial charge is 0.484 e. The Morgan fingerprint density at radius 2 is 2.00 bits per heavy atom. The molecule has 1 heterocycles. The van der Waals surface area contributed by atoms with Crippen LogP contribution < -0.4 is 0 Å². The molecule has 0 aromatic heterocycles. The van der Waals surface area contributed by atoms with Gasteiger partial charge in [0, 0.05) is 6.42 Å². The first-order chi connectivity index (χ1) is 5.90.